The van der Waals surface area contributed by atoms with Crippen LogP contribution in [0.5, 0.6) is 5.75 Å². The number of hydrogen-bond donors (Lipinski definition) is 1. The van der Waals surface area contributed by atoms with Crippen molar-refractivity contribution in [3.63, 3.8) is 0 Å². The number of thiophene rings is 1. The van der Waals surface area contributed by atoms with Crippen LogP contribution in [-0.4, -0.2) is 6.54 Å². The third kappa shape index (κ3) is 4.86. The Bertz CT molecular complexity index is 495. The summed E-state index contributed by atoms with van der Waals surface area (Å²) in [6, 6.07) is 11.7. The zero-order valence-electron chi connectivity index (χ0n) is 11.0. The third-order valence-corrected chi connectivity index (χ3v) is 3.95. The van der Waals surface area contributed by atoms with Crippen LogP contribution in [0.3, 0.4) is 0 Å². The van der Waals surface area contributed by atoms with Crippen molar-refractivity contribution in [1.82, 2.24) is 5.32 Å². The molecule has 0 radical (unpaired) electrons. The molecule has 1 N–H and O–H groups in total. The molecule has 0 saturated carbocycles. The van der Waals surface area contributed by atoms with E-state index in [1.165, 1.54) is 9.75 Å². The fourth-order valence-corrected chi connectivity index (χ4v) is 2.70. The summed E-state index contributed by atoms with van der Waals surface area (Å²) in [6.07, 6.45) is 1.16. The standard InChI is InChI=1S/C15H18ClNOS/c1-2-9-17-10-14-7-8-15(19-14)11-18-13-5-3-12(16)4-6-13/h3-8,17H,2,9-11H2,1H3. The maximum absolute atomic E-state index is 5.83. The molecule has 0 bridgehead atoms. The van der Waals surface area contributed by atoms with Crippen molar-refractivity contribution in [2.45, 2.75) is 26.5 Å². The molecule has 1 aromatic heterocycles. The van der Waals surface area contributed by atoms with Gasteiger partial charge in [0, 0.05) is 21.3 Å². The van der Waals surface area contributed by atoms with Gasteiger partial charge in [0.1, 0.15) is 12.4 Å². The van der Waals surface area contributed by atoms with Crippen molar-refractivity contribution in [3.05, 3.63) is 51.2 Å². The lowest BCUT2D eigenvalue weighted by Gasteiger charge is -2.04. The van der Waals surface area contributed by atoms with Gasteiger partial charge in [-0.3, -0.25) is 0 Å². The molecule has 0 saturated heterocycles. The van der Waals surface area contributed by atoms with Crippen molar-refractivity contribution in [2.75, 3.05) is 6.54 Å². The monoisotopic (exact) mass is 295 g/mol. The van der Waals surface area contributed by atoms with Gasteiger partial charge in [-0.05, 0) is 49.4 Å². The van der Waals surface area contributed by atoms with E-state index in [1.54, 1.807) is 11.3 Å². The first kappa shape index (κ1) is 14.4. The second-order valence-electron chi connectivity index (χ2n) is 4.29. The summed E-state index contributed by atoms with van der Waals surface area (Å²) in [7, 11) is 0. The molecule has 0 amide bonds. The Morgan fingerprint density at radius 2 is 1.84 bits per heavy atom. The topological polar surface area (TPSA) is 21.3 Å². The molecule has 102 valence electrons. The Morgan fingerprint density at radius 1 is 1.11 bits per heavy atom. The second-order valence-corrected chi connectivity index (χ2v) is 5.98. The smallest absolute Gasteiger partial charge is 0.122 e. The van der Waals surface area contributed by atoms with Crippen molar-refractivity contribution in [1.29, 1.82) is 0 Å². The fraction of sp³-hybridized carbons (Fsp3) is 0.333. The normalized spacial score (nSPS) is 10.6. The van der Waals surface area contributed by atoms with Crippen LogP contribution < -0.4 is 10.1 Å². The first-order valence-electron chi connectivity index (χ1n) is 6.44. The van der Waals surface area contributed by atoms with E-state index in [0.29, 0.717) is 6.61 Å². The highest BCUT2D eigenvalue weighted by Gasteiger charge is 2.01. The highest BCUT2D eigenvalue weighted by atomic mass is 35.5. The minimum atomic E-state index is 0.611. The first-order valence-corrected chi connectivity index (χ1v) is 7.64. The molecule has 0 unspecified atom stereocenters. The number of hydrogen-bond acceptors (Lipinski definition) is 3. The van der Waals surface area contributed by atoms with Crippen LogP contribution in [0, 0.1) is 0 Å². The van der Waals surface area contributed by atoms with Crippen LogP contribution >= 0.6 is 22.9 Å². The van der Waals surface area contributed by atoms with Gasteiger partial charge in [-0.25, -0.2) is 0 Å². The summed E-state index contributed by atoms with van der Waals surface area (Å²) in [5, 5.41) is 4.13. The van der Waals surface area contributed by atoms with Crippen molar-refractivity contribution in [2.24, 2.45) is 0 Å². The van der Waals surface area contributed by atoms with Crippen LogP contribution in [-0.2, 0) is 13.2 Å². The largest absolute Gasteiger partial charge is 0.488 e. The van der Waals surface area contributed by atoms with Gasteiger partial charge in [-0.15, -0.1) is 11.3 Å². The predicted molar refractivity (Wildman–Crippen MR) is 82.1 cm³/mol. The molecule has 1 aromatic carbocycles. The van der Waals surface area contributed by atoms with Crippen LogP contribution in [0.2, 0.25) is 5.02 Å². The Hall–Kier alpha value is -1.03. The number of nitrogens with one attached hydrogen (secondary N) is 1. The molecule has 0 atom stereocenters. The second kappa shape index (κ2) is 7.53. The number of halogens is 1. The zero-order chi connectivity index (χ0) is 13.5. The molecule has 0 aliphatic heterocycles. The first-order chi connectivity index (χ1) is 9.28. The Balaban J connectivity index is 1.81. The van der Waals surface area contributed by atoms with Gasteiger partial charge in [0.25, 0.3) is 0 Å². The molecule has 0 aliphatic rings. The summed E-state index contributed by atoms with van der Waals surface area (Å²) >= 11 is 7.62. The van der Waals surface area contributed by atoms with Gasteiger partial charge >= 0.3 is 0 Å². The molecule has 1 heterocycles. The Kier molecular flexibility index (Phi) is 5.70. The van der Waals surface area contributed by atoms with Crippen LogP contribution in [0.4, 0.5) is 0 Å². The third-order valence-electron chi connectivity index (χ3n) is 2.64. The molecule has 2 rings (SSSR count). The van der Waals surface area contributed by atoms with E-state index < -0.39 is 0 Å². The SMILES string of the molecule is CCCNCc1ccc(COc2ccc(Cl)cc2)s1. The van der Waals surface area contributed by atoms with E-state index in [1.807, 2.05) is 24.3 Å². The lowest BCUT2D eigenvalue weighted by atomic mass is 10.3. The van der Waals surface area contributed by atoms with E-state index in [0.717, 1.165) is 30.3 Å². The van der Waals surface area contributed by atoms with Gasteiger partial charge in [-0.1, -0.05) is 18.5 Å². The lowest BCUT2D eigenvalue weighted by Crippen LogP contribution is -2.12. The van der Waals surface area contributed by atoms with Gasteiger partial charge in [-0.2, -0.15) is 0 Å². The molecule has 2 aromatic rings. The minimum absolute atomic E-state index is 0.611. The Morgan fingerprint density at radius 3 is 2.58 bits per heavy atom. The molecule has 4 heteroatoms. The van der Waals surface area contributed by atoms with Crippen molar-refractivity contribution in [3.8, 4) is 5.75 Å². The van der Waals surface area contributed by atoms with Gasteiger partial charge < -0.3 is 10.1 Å². The van der Waals surface area contributed by atoms with Crippen LogP contribution in [0.25, 0.3) is 0 Å². The predicted octanol–water partition coefficient (Wildman–Crippen LogP) is 4.48. The lowest BCUT2D eigenvalue weighted by molar-refractivity contribution is 0.310. The summed E-state index contributed by atoms with van der Waals surface area (Å²) in [6.45, 7) is 4.79. The summed E-state index contributed by atoms with van der Waals surface area (Å²) in [5.41, 5.74) is 0. The summed E-state index contributed by atoms with van der Waals surface area (Å²) in [5.74, 6) is 0.850. The van der Waals surface area contributed by atoms with Crippen molar-refractivity contribution < 1.29 is 4.74 Å². The molecule has 0 aliphatic carbocycles. The van der Waals surface area contributed by atoms with E-state index in [4.69, 9.17) is 16.3 Å². The average molecular weight is 296 g/mol. The average Bonchev–Trinajstić information content (AvgIpc) is 2.86. The molecular weight excluding hydrogens is 278 g/mol. The number of benzene rings is 1. The summed E-state index contributed by atoms with van der Waals surface area (Å²) < 4.78 is 5.72. The van der Waals surface area contributed by atoms with Gasteiger partial charge in [0.2, 0.25) is 0 Å². The van der Waals surface area contributed by atoms with Crippen molar-refractivity contribution >= 4 is 22.9 Å². The number of ether oxygens (including phenoxy) is 1. The van der Waals surface area contributed by atoms with Gasteiger partial charge in [0.15, 0.2) is 0 Å². The zero-order valence-corrected chi connectivity index (χ0v) is 12.6. The van der Waals surface area contributed by atoms with E-state index in [-0.39, 0.29) is 0 Å². The Labute approximate surface area is 123 Å². The highest BCUT2D eigenvalue weighted by molar-refractivity contribution is 7.11. The van der Waals surface area contributed by atoms with E-state index >= 15 is 0 Å². The molecule has 0 spiro atoms. The maximum atomic E-state index is 5.83. The summed E-state index contributed by atoms with van der Waals surface area (Å²) in [4.78, 5) is 2.59. The molecular formula is C15H18ClNOS. The molecule has 19 heavy (non-hydrogen) atoms. The van der Waals surface area contributed by atoms with Crippen LogP contribution in [0.15, 0.2) is 36.4 Å². The highest BCUT2D eigenvalue weighted by Crippen LogP contribution is 2.20. The molecule has 0 fully saturated rings. The quantitative estimate of drug-likeness (QED) is 0.761. The van der Waals surface area contributed by atoms with Crippen LogP contribution in [0.1, 0.15) is 23.1 Å². The maximum Gasteiger partial charge on any atom is 0.122 e. The van der Waals surface area contributed by atoms with Gasteiger partial charge in [0.05, 0.1) is 0 Å². The van der Waals surface area contributed by atoms with E-state index in [9.17, 15) is 0 Å². The fourth-order valence-electron chi connectivity index (χ4n) is 1.67. The van der Waals surface area contributed by atoms with E-state index in [2.05, 4.69) is 24.4 Å². The minimum Gasteiger partial charge on any atom is -0.488 e. The molecule has 2 nitrogen and oxygen atoms in total. The number of rotatable bonds is 7.